The van der Waals surface area contributed by atoms with Gasteiger partial charge in [-0.15, -0.1) is 10.2 Å². The van der Waals surface area contributed by atoms with E-state index in [-0.39, 0.29) is 16.7 Å². The van der Waals surface area contributed by atoms with Gasteiger partial charge in [-0.25, -0.2) is 4.39 Å². The van der Waals surface area contributed by atoms with Crippen molar-refractivity contribution in [2.75, 3.05) is 11.1 Å². The first-order valence-electron chi connectivity index (χ1n) is 10.0. The zero-order valence-electron chi connectivity index (χ0n) is 17.0. The van der Waals surface area contributed by atoms with E-state index in [1.165, 1.54) is 42.8 Å². The minimum absolute atomic E-state index is 0.0388. The fourth-order valence-electron chi connectivity index (χ4n) is 3.47. The SMILES string of the molecule is Cn1c(SCC(=O)Nc2ccc(F)c(Cl)c2)nnc1-c1ccc(OC2CCCC2)cc1. The van der Waals surface area contributed by atoms with Crippen LogP contribution in [0.2, 0.25) is 5.02 Å². The highest BCUT2D eigenvalue weighted by atomic mass is 35.5. The van der Waals surface area contributed by atoms with Gasteiger partial charge in [0.2, 0.25) is 5.91 Å². The molecular formula is C22H22ClFN4O2S. The summed E-state index contributed by atoms with van der Waals surface area (Å²) in [5.74, 6) is 0.935. The van der Waals surface area contributed by atoms with Crippen LogP contribution in [0.15, 0.2) is 47.6 Å². The van der Waals surface area contributed by atoms with Crippen molar-refractivity contribution < 1.29 is 13.9 Å². The summed E-state index contributed by atoms with van der Waals surface area (Å²) in [6, 6.07) is 11.9. The van der Waals surface area contributed by atoms with Crippen LogP contribution in [0, 0.1) is 5.82 Å². The Morgan fingerprint density at radius 2 is 1.97 bits per heavy atom. The highest BCUT2D eigenvalue weighted by Crippen LogP contribution is 2.28. The number of carbonyl (C=O) groups excluding carboxylic acids is 1. The van der Waals surface area contributed by atoms with Gasteiger partial charge in [-0.2, -0.15) is 0 Å². The molecule has 4 rings (SSSR count). The quantitative estimate of drug-likeness (QED) is 0.483. The molecule has 0 saturated heterocycles. The van der Waals surface area contributed by atoms with Crippen molar-refractivity contribution in [2.45, 2.75) is 36.9 Å². The molecule has 1 heterocycles. The van der Waals surface area contributed by atoms with E-state index in [9.17, 15) is 9.18 Å². The molecule has 31 heavy (non-hydrogen) atoms. The molecule has 1 N–H and O–H groups in total. The topological polar surface area (TPSA) is 69.0 Å². The fourth-order valence-corrected chi connectivity index (χ4v) is 4.37. The molecule has 3 aromatic rings. The lowest BCUT2D eigenvalue weighted by Gasteiger charge is -2.13. The number of aromatic nitrogens is 3. The Bertz CT molecular complexity index is 1070. The van der Waals surface area contributed by atoms with Gasteiger partial charge in [0.05, 0.1) is 16.9 Å². The number of anilines is 1. The maximum atomic E-state index is 13.2. The van der Waals surface area contributed by atoms with Crippen LogP contribution >= 0.6 is 23.4 Å². The van der Waals surface area contributed by atoms with Gasteiger partial charge in [0.15, 0.2) is 11.0 Å². The number of thioether (sulfide) groups is 1. The highest BCUT2D eigenvalue weighted by molar-refractivity contribution is 7.99. The minimum Gasteiger partial charge on any atom is -0.490 e. The van der Waals surface area contributed by atoms with Crippen LogP contribution < -0.4 is 10.1 Å². The van der Waals surface area contributed by atoms with Crippen molar-refractivity contribution in [1.82, 2.24) is 14.8 Å². The monoisotopic (exact) mass is 460 g/mol. The Morgan fingerprint density at radius 3 is 2.68 bits per heavy atom. The van der Waals surface area contributed by atoms with Crippen LogP contribution in [0.5, 0.6) is 5.75 Å². The standard InChI is InChI=1S/C22H22ClFN4O2S/c1-28-21(14-6-9-17(10-7-14)30-16-4-2-3-5-16)26-27-22(28)31-13-20(29)25-15-8-11-19(24)18(23)12-15/h6-12,16H,2-5,13H2,1H3,(H,25,29). The molecule has 1 fully saturated rings. The van der Waals surface area contributed by atoms with E-state index >= 15 is 0 Å². The molecule has 0 radical (unpaired) electrons. The maximum Gasteiger partial charge on any atom is 0.234 e. The molecule has 6 nitrogen and oxygen atoms in total. The molecule has 0 aliphatic heterocycles. The van der Waals surface area contributed by atoms with Crippen molar-refractivity contribution in [3.63, 3.8) is 0 Å². The van der Waals surface area contributed by atoms with E-state index in [1.54, 1.807) is 0 Å². The molecule has 1 aliphatic rings. The van der Waals surface area contributed by atoms with Crippen molar-refractivity contribution >= 4 is 35.0 Å². The van der Waals surface area contributed by atoms with Gasteiger partial charge in [0.1, 0.15) is 11.6 Å². The largest absolute Gasteiger partial charge is 0.490 e. The summed E-state index contributed by atoms with van der Waals surface area (Å²) in [5, 5.41) is 11.7. The summed E-state index contributed by atoms with van der Waals surface area (Å²) in [4.78, 5) is 12.2. The predicted molar refractivity (Wildman–Crippen MR) is 120 cm³/mol. The van der Waals surface area contributed by atoms with E-state index in [1.807, 2.05) is 35.9 Å². The third kappa shape index (κ3) is 5.37. The first kappa shape index (κ1) is 21.6. The normalized spacial score (nSPS) is 14.0. The summed E-state index contributed by atoms with van der Waals surface area (Å²) >= 11 is 7.01. The Balaban J connectivity index is 1.35. The Hall–Kier alpha value is -2.58. The van der Waals surface area contributed by atoms with Gasteiger partial charge in [0.25, 0.3) is 0 Å². The van der Waals surface area contributed by atoms with Gasteiger partial charge in [-0.1, -0.05) is 23.4 Å². The number of amides is 1. The number of rotatable bonds is 7. The molecule has 1 aliphatic carbocycles. The zero-order chi connectivity index (χ0) is 21.8. The van der Waals surface area contributed by atoms with Gasteiger partial charge in [-0.05, 0) is 68.1 Å². The second-order valence-corrected chi connectivity index (χ2v) is 8.73. The van der Waals surface area contributed by atoms with Crippen molar-refractivity contribution in [2.24, 2.45) is 7.05 Å². The van der Waals surface area contributed by atoms with Gasteiger partial charge in [0, 0.05) is 18.3 Å². The zero-order valence-corrected chi connectivity index (χ0v) is 18.5. The lowest BCUT2D eigenvalue weighted by Crippen LogP contribution is -2.14. The number of benzene rings is 2. The Kier molecular flexibility index (Phi) is 6.77. The number of nitrogens with zero attached hydrogens (tertiary/aromatic N) is 3. The molecule has 0 spiro atoms. The third-order valence-corrected chi connectivity index (χ3v) is 6.40. The summed E-state index contributed by atoms with van der Waals surface area (Å²) in [7, 11) is 1.86. The number of hydrogen-bond donors (Lipinski definition) is 1. The Morgan fingerprint density at radius 1 is 1.23 bits per heavy atom. The first-order chi connectivity index (χ1) is 15.0. The minimum atomic E-state index is -0.529. The molecular weight excluding hydrogens is 439 g/mol. The van der Waals surface area contributed by atoms with Crippen LogP contribution in [0.4, 0.5) is 10.1 Å². The van der Waals surface area contributed by atoms with E-state index in [0.717, 1.165) is 24.2 Å². The molecule has 1 amide bonds. The third-order valence-electron chi connectivity index (χ3n) is 5.09. The number of hydrogen-bond acceptors (Lipinski definition) is 5. The summed E-state index contributed by atoms with van der Waals surface area (Å²) in [5.41, 5.74) is 1.36. The van der Waals surface area contributed by atoms with Gasteiger partial charge in [-0.3, -0.25) is 4.79 Å². The molecule has 1 aromatic heterocycles. The van der Waals surface area contributed by atoms with Crippen LogP contribution in [0.1, 0.15) is 25.7 Å². The summed E-state index contributed by atoms with van der Waals surface area (Å²) in [6.45, 7) is 0. The van der Waals surface area contributed by atoms with Crippen LogP contribution in [-0.2, 0) is 11.8 Å². The molecule has 162 valence electrons. The molecule has 0 unspecified atom stereocenters. The smallest absolute Gasteiger partial charge is 0.234 e. The maximum absolute atomic E-state index is 13.2. The first-order valence-corrected chi connectivity index (χ1v) is 11.4. The van der Waals surface area contributed by atoms with E-state index < -0.39 is 5.82 Å². The van der Waals surface area contributed by atoms with Gasteiger partial charge < -0.3 is 14.6 Å². The van der Waals surface area contributed by atoms with Crippen molar-refractivity contribution in [3.05, 3.63) is 53.3 Å². The molecule has 9 heteroatoms. The second-order valence-electron chi connectivity index (χ2n) is 7.38. The average Bonchev–Trinajstić information content (AvgIpc) is 3.40. The van der Waals surface area contributed by atoms with Crippen LogP contribution in [-0.4, -0.2) is 32.5 Å². The second kappa shape index (κ2) is 9.70. The molecule has 1 saturated carbocycles. The lowest BCUT2D eigenvalue weighted by atomic mass is 10.2. The number of halogens is 2. The van der Waals surface area contributed by atoms with E-state index in [4.69, 9.17) is 16.3 Å². The summed E-state index contributed by atoms with van der Waals surface area (Å²) in [6.07, 6.45) is 5.02. The lowest BCUT2D eigenvalue weighted by molar-refractivity contribution is -0.113. The number of ether oxygens (including phenoxy) is 1. The average molecular weight is 461 g/mol. The number of nitrogens with one attached hydrogen (secondary N) is 1. The molecule has 0 bridgehead atoms. The van der Waals surface area contributed by atoms with Crippen molar-refractivity contribution in [3.8, 4) is 17.1 Å². The predicted octanol–water partition coefficient (Wildman–Crippen LogP) is 5.33. The van der Waals surface area contributed by atoms with E-state index in [0.29, 0.717) is 22.8 Å². The molecule has 0 atom stereocenters. The Labute approximate surface area is 189 Å². The van der Waals surface area contributed by atoms with E-state index in [2.05, 4.69) is 15.5 Å². The fraction of sp³-hybridized carbons (Fsp3) is 0.318. The van der Waals surface area contributed by atoms with Crippen molar-refractivity contribution in [1.29, 1.82) is 0 Å². The van der Waals surface area contributed by atoms with Crippen LogP contribution in [0.3, 0.4) is 0 Å². The number of carbonyl (C=O) groups is 1. The highest BCUT2D eigenvalue weighted by Gasteiger charge is 2.17. The van der Waals surface area contributed by atoms with Crippen LogP contribution in [0.25, 0.3) is 11.4 Å². The summed E-state index contributed by atoms with van der Waals surface area (Å²) < 4.78 is 21.1. The molecule has 2 aromatic carbocycles. The van der Waals surface area contributed by atoms with Gasteiger partial charge >= 0.3 is 0 Å².